The van der Waals surface area contributed by atoms with Crippen molar-refractivity contribution in [1.29, 1.82) is 5.26 Å². The summed E-state index contributed by atoms with van der Waals surface area (Å²) < 4.78 is 18.4. The summed E-state index contributed by atoms with van der Waals surface area (Å²) in [4.78, 5) is 66.8. The Morgan fingerprint density at radius 3 is 2.16 bits per heavy atom. The van der Waals surface area contributed by atoms with Crippen LogP contribution in [0, 0.1) is 18.3 Å². The number of unbranched alkanes of at least 4 members (excludes halogenated alkanes) is 1. The number of rotatable bonds is 17. The Bertz CT molecular complexity index is 2460. The summed E-state index contributed by atoms with van der Waals surface area (Å²) in [5.41, 5.74) is 5.57. The molecule has 4 amide bonds. The fraction of sp³-hybridized carbons (Fsp3) is 0.333. The first kappa shape index (κ1) is 44.6. The van der Waals surface area contributed by atoms with Gasteiger partial charge in [0.1, 0.15) is 30.8 Å². The molecule has 2 atom stereocenters. The third kappa shape index (κ3) is 11.6. The number of carbonyl (C=O) groups excluding carboxylic acids is 4. The van der Waals surface area contributed by atoms with Crippen molar-refractivity contribution in [1.82, 2.24) is 20.5 Å². The molecule has 4 N–H and O–H groups in total. The highest BCUT2D eigenvalue weighted by molar-refractivity contribution is 5.99. The van der Waals surface area contributed by atoms with E-state index in [-0.39, 0.29) is 50.8 Å². The van der Waals surface area contributed by atoms with E-state index < -0.39 is 41.7 Å². The number of alkyl carbamates (subject to hydrolysis) is 2. The number of benzene rings is 4. The molecule has 14 nitrogen and oxygen atoms in total. The van der Waals surface area contributed by atoms with Crippen LogP contribution in [0.25, 0.3) is 22.0 Å². The number of hydrogen-bond acceptors (Lipinski definition) is 9. The lowest BCUT2D eigenvalue weighted by Crippen LogP contribution is -2.54. The van der Waals surface area contributed by atoms with Crippen LogP contribution in [0.2, 0.25) is 0 Å². The third-order valence-corrected chi connectivity index (χ3v) is 10.4. The minimum Gasteiger partial charge on any atom is -0.449 e. The van der Waals surface area contributed by atoms with Crippen molar-refractivity contribution in [3.05, 3.63) is 136 Å². The van der Waals surface area contributed by atoms with Crippen LogP contribution in [0.15, 0.2) is 108 Å². The van der Waals surface area contributed by atoms with E-state index >= 15 is 0 Å². The molecular weight excluding hydrogens is 789 g/mol. The maximum absolute atomic E-state index is 14.2. The second-order valence-electron chi connectivity index (χ2n) is 16.1. The molecule has 4 aromatic carbocycles. The van der Waals surface area contributed by atoms with Crippen LogP contribution in [0.3, 0.4) is 0 Å². The predicted molar refractivity (Wildman–Crippen MR) is 235 cm³/mol. The number of ether oxygens (including phenoxy) is 3. The van der Waals surface area contributed by atoms with E-state index in [1.165, 1.54) is 10.6 Å². The van der Waals surface area contributed by atoms with Crippen molar-refractivity contribution in [2.45, 2.75) is 83.7 Å². The van der Waals surface area contributed by atoms with Crippen LogP contribution in [0.5, 0.6) is 0 Å². The lowest BCUT2D eigenvalue weighted by molar-refractivity contribution is -0.129. The van der Waals surface area contributed by atoms with Gasteiger partial charge in [-0.3, -0.25) is 19.0 Å². The maximum Gasteiger partial charge on any atom is 0.407 e. The number of hydrogen-bond donors (Lipinski definition) is 4. The van der Waals surface area contributed by atoms with Gasteiger partial charge < -0.3 is 35.5 Å². The van der Waals surface area contributed by atoms with Crippen molar-refractivity contribution in [2.24, 2.45) is 0 Å². The zero-order valence-corrected chi connectivity index (χ0v) is 35.4. The summed E-state index contributed by atoms with van der Waals surface area (Å²) >= 11 is 0. The Balaban J connectivity index is 1.18. The number of amides is 4. The first-order valence-corrected chi connectivity index (χ1v) is 20.6. The molecular formula is C48H52N6O8. The summed E-state index contributed by atoms with van der Waals surface area (Å²) in [6.45, 7) is 7.10. The fourth-order valence-electron chi connectivity index (χ4n) is 7.44. The Kier molecular flexibility index (Phi) is 14.8. The van der Waals surface area contributed by atoms with Gasteiger partial charge in [-0.05, 0) is 92.5 Å². The number of aryl methyl sites for hydroxylation is 1. The number of aromatic nitrogens is 1. The highest BCUT2D eigenvalue weighted by Gasteiger charge is 2.31. The molecule has 0 bridgehead atoms. The number of nitriles is 1. The molecule has 0 saturated carbocycles. The summed E-state index contributed by atoms with van der Waals surface area (Å²) in [5, 5.41) is 21.2. The van der Waals surface area contributed by atoms with Crippen LogP contribution in [-0.2, 0) is 37.0 Å². The molecule has 1 aliphatic carbocycles. The van der Waals surface area contributed by atoms with Crippen molar-refractivity contribution in [3.63, 3.8) is 0 Å². The number of nitrogens with one attached hydrogen (secondary N) is 4. The van der Waals surface area contributed by atoms with Gasteiger partial charge in [-0.25, -0.2) is 9.59 Å². The molecule has 0 spiro atoms. The van der Waals surface area contributed by atoms with E-state index in [2.05, 4.69) is 21.3 Å². The van der Waals surface area contributed by atoms with Gasteiger partial charge in [0.05, 0.1) is 24.8 Å². The molecule has 0 unspecified atom stereocenters. The average molecular weight is 841 g/mol. The minimum absolute atomic E-state index is 0.0227. The van der Waals surface area contributed by atoms with E-state index in [1.807, 2.05) is 84.9 Å². The Morgan fingerprint density at radius 2 is 1.48 bits per heavy atom. The fourth-order valence-corrected chi connectivity index (χ4v) is 7.44. The van der Waals surface area contributed by atoms with Crippen LogP contribution in [-0.4, -0.2) is 66.0 Å². The van der Waals surface area contributed by atoms with Crippen LogP contribution >= 0.6 is 0 Å². The molecule has 1 aromatic heterocycles. The van der Waals surface area contributed by atoms with Crippen molar-refractivity contribution < 1.29 is 33.4 Å². The van der Waals surface area contributed by atoms with E-state index in [0.29, 0.717) is 29.6 Å². The van der Waals surface area contributed by atoms with Crippen LogP contribution in [0.1, 0.15) is 68.2 Å². The highest BCUT2D eigenvalue weighted by Crippen LogP contribution is 2.44. The number of fused-ring (bicyclic) bond motifs is 4. The smallest absolute Gasteiger partial charge is 0.407 e. The van der Waals surface area contributed by atoms with E-state index in [9.17, 15) is 29.2 Å². The molecule has 6 rings (SSSR count). The Labute approximate surface area is 360 Å². The number of nitrogens with zero attached hydrogens (tertiary/aromatic N) is 2. The SMILES string of the molecule is Cc1cc(=O)n(CC#N)c2cc(NC(=O)[C@H](CCCCNC(=O)OC(C)(C)C)NC(=O)[C@H](COCc3ccccc3)NC(=O)OCC3c4ccccc4-c4ccccc43)ccc12. The van der Waals surface area contributed by atoms with E-state index in [0.717, 1.165) is 33.2 Å². The van der Waals surface area contributed by atoms with Crippen molar-refractivity contribution in [2.75, 3.05) is 25.1 Å². The summed E-state index contributed by atoms with van der Waals surface area (Å²) in [6.07, 6.45) is -0.390. The first-order valence-electron chi connectivity index (χ1n) is 20.6. The van der Waals surface area contributed by atoms with Gasteiger partial charge in [0, 0.05) is 29.6 Å². The molecule has 0 saturated heterocycles. The molecule has 14 heteroatoms. The van der Waals surface area contributed by atoms with Gasteiger partial charge >= 0.3 is 12.2 Å². The van der Waals surface area contributed by atoms with Gasteiger partial charge in [-0.2, -0.15) is 5.26 Å². The Hall–Kier alpha value is -6.98. The molecule has 0 aliphatic heterocycles. The van der Waals surface area contributed by atoms with Crippen LogP contribution < -0.4 is 26.8 Å². The lowest BCUT2D eigenvalue weighted by atomic mass is 9.98. The van der Waals surface area contributed by atoms with Gasteiger partial charge in [-0.15, -0.1) is 0 Å². The second kappa shape index (κ2) is 20.5. The van der Waals surface area contributed by atoms with E-state index in [4.69, 9.17) is 14.2 Å². The standard InChI is InChI=1S/C48H52N6O8/c1-31-26-43(55)54(25-23-49)42-27-33(21-22-34(31)42)51-44(56)40(20-12-13-24-50-46(58)62-48(2,3)4)52-45(57)41(30-60-28-32-14-6-5-7-15-32)53-47(59)61-29-39-37-18-10-8-16-35(37)36-17-9-11-19-38(36)39/h5-11,14-19,21-22,26-27,39-41H,12-13,20,24-25,28-30H2,1-4H3,(H,50,58)(H,51,56)(H,52,57)(H,53,59)/t40-,41-/m0/s1. The Morgan fingerprint density at radius 1 is 0.806 bits per heavy atom. The molecule has 322 valence electrons. The number of pyridine rings is 1. The quantitative estimate of drug-likeness (QED) is 0.0710. The summed E-state index contributed by atoms with van der Waals surface area (Å²) in [6, 6.07) is 31.4. The zero-order chi connectivity index (χ0) is 44.2. The van der Waals surface area contributed by atoms with Gasteiger partial charge in [0.25, 0.3) is 5.56 Å². The van der Waals surface area contributed by atoms with Gasteiger partial charge in [-0.1, -0.05) is 84.9 Å². The molecule has 0 fully saturated rings. The zero-order valence-electron chi connectivity index (χ0n) is 35.4. The molecule has 5 aromatic rings. The average Bonchev–Trinajstić information content (AvgIpc) is 3.56. The molecule has 1 heterocycles. The number of carbonyl (C=O) groups is 4. The number of anilines is 1. The lowest BCUT2D eigenvalue weighted by Gasteiger charge is -2.24. The molecule has 62 heavy (non-hydrogen) atoms. The van der Waals surface area contributed by atoms with Crippen molar-refractivity contribution >= 4 is 40.6 Å². The monoisotopic (exact) mass is 840 g/mol. The first-order chi connectivity index (χ1) is 29.8. The topological polar surface area (TPSA) is 190 Å². The highest BCUT2D eigenvalue weighted by atomic mass is 16.6. The normalized spacial score (nSPS) is 12.9. The van der Waals surface area contributed by atoms with E-state index in [1.54, 1.807) is 45.9 Å². The van der Waals surface area contributed by atoms with Crippen molar-refractivity contribution in [3.8, 4) is 17.2 Å². The summed E-state index contributed by atoms with van der Waals surface area (Å²) in [7, 11) is 0. The van der Waals surface area contributed by atoms with Crippen LogP contribution in [0.4, 0.5) is 15.3 Å². The van der Waals surface area contributed by atoms with Gasteiger partial charge in [0.2, 0.25) is 11.8 Å². The maximum atomic E-state index is 14.2. The second-order valence-corrected chi connectivity index (χ2v) is 16.1. The van der Waals surface area contributed by atoms with Gasteiger partial charge in [0.15, 0.2) is 0 Å². The summed E-state index contributed by atoms with van der Waals surface area (Å²) in [5.74, 6) is -1.46. The minimum atomic E-state index is -1.26. The molecule has 1 aliphatic rings. The predicted octanol–water partition coefficient (Wildman–Crippen LogP) is 7.08. The third-order valence-electron chi connectivity index (χ3n) is 10.4. The molecule has 0 radical (unpaired) electrons. The largest absolute Gasteiger partial charge is 0.449 e.